The van der Waals surface area contributed by atoms with Gasteiger partial charge >= 0.3 is 26.3 Å². The molecule has 0 amide bonds. The first-order valence-electron chi connectivity index (χ1n) is 6.90. The summed E-state index contributed by atoms with van der Waals surface area (Å²) < 4.78 is 120. The molecule has 0 bridgehead atoms. The summed E-state index contributed by atoms with van der Waals surface area (Å²) in [5.74, 6) is -7.08. The fourth-order valence-electron chi connectivity index (χ4n) is 1.85. The monoisotopic (exact) mass is 421 g/mol. The summed E-state index contributed by atoms with van der Waals surface area (Å²) in [6.07, 6.45) is 0.149. The van der Waals surface area contributed by atoms with Crippen molar-refractivity contribution in [1.29, 1.82) is 0 Å². The van der Waals surface area contributed by atoms with E-state index in [-0.39, 0.29) is 19.9 Å². The van der Waals surface area contributed by atoms with Gasteiger partial charge in [0.15, 0.2) is 0 Å². The Balaban J connectivity index is 6.11. The molecule has 0 N–H and O–H groups in total. The van der Waals surface area contributed by atoms with E-state index in [0.717, 1.165) is 0 Å². The molecule has 0 spiro atoms. The van der Waals surface area contributed by atoms with Gasteiger partial charge in [-0.2, -0.15) is 26.3 Å². The van der Waals surface area contributed by atoms with Gasteiger partial charge in [-0.05, 0) is 6.42 Å². The normalized spacial score (nSPS) is 15.0. The Hall–Kier alpha value is -0.413. The van der Waals surface area contributed by atoms with Crippen LogP contribution in [0.4, 0.5) is 26.3 Å². The quantitative estimate of drug-likeness (QED) is 0.291. The van der Waals surface area contributed by atoms with Crippen LogP contribution in [-0.2, 0) is 23.3 Å². The summed E-state index contributed by atoms with van der Waals surface area (Å²) in [5, 5.41) is 0. The van der Waals surface area contributed by atoms with E-state index in [0.29, 0.717) is 21.3 Å². The molecule has 0 aliphatic heterocycles. The lowest BCUT2D eigenvalue weighted by atomic mass is 10.3. The van der Waals surface area contributed by atoms with Gasteiger partial charge in [0.2, 0.25) is 10.0 Å². The minimum atomic E-state index is -6.18. The fourth-order valence-corrected chi connectivity index (χ4v) is 5.05. The molecule has 0 aliphatic carbocycles. The van der Waals surface area contributed by atoms with Gasteiger partial charge in [0.1, 0.15) is 0 Å². The molecule has 0 atom stereocenters. The van der Waals surface area contributed by atoms with Crippen molar-refractivity contribution < 1.29 is 48.0 Å². The lowest BCUT2D eigenvalue weighted by Crippen LogP contribution is -2.73. The molecule has 6 nitrogen and oxygen atoms in total. The van der Waals surface area contributed by atoms with Crippen LogP contribution in [0.3, 0.4) is 0 Å². The van der Waals surface area contributed by atoms with Crippen LogP contribution in [0.5, 0.6) is 0 Å². The Morgan fingerprint density at radius 1 is 0.960 bits per heavy atom. The zero-order valence-corrected chi connectivity index (χ0v) is 16.1. The second-order valence-electron chi connectivity index (χ2n) is 5.00. The van der Waals surface area contributed by atoms with Crippen LogP contribution in [-0.4, -0.2) is 73.2 Å². The van der Waals surface area contributed by atoms with Crippen molar-refractivity contribution in [2.24, 2.45) is 0 Å². The van der Waals surface area contributed by atoms with Gasteiger partial charge < -0.3 is 13.3 Å². The van der Waals surface area contributed by atoms with Crippen molar-refractivity contribution in [3.63, 3.8) is 0 Å². The van der Waals surface area contributed by atoms with E-state index in [9.17, 15) is 34.8 Å². The molecule has 0 heterocycles. The third-order valence-electron chi connectivity index (χ3n) is 3.53. The van der Waals surface area contributed by atoms with Crippen LogP contribution in [0.15, 0.2) is 0 Å². The SMILES string of the molecule is CCCCS(=O)(=O)N(C)C(F)(F)C(F)(F)C(F)(F)[Si](OC)(OC)OC. The number of unbranched alkanes of at least 4 members (excludes halogenated alkanes) is 1. The Morgan fingerprint density at radius 3 is 1.68 bits per heavy atom. The molecular formula is C11H21F6NO5SSi. The largest absolute Gasteiger partial charge is 0.581 e. The lowest BCUT2D eigenvalue weighted by molar-refractivity contribution is -0.326. The molecule has 152 valence electrons. The van der Waals surface area contributed by atoms with E-state index in [1.54, 1.807) is 0 Å². The van der Waals surface area contributed by atoms with Gasteiger partial charge in [0, 0.05) is 28.4 Å². The van der Waals surface area contributed by atoms with Crippen molar-refractivity contribution >= 4 is 18.8 Å². The zero-order chi connectivity index (χ0) is 20.3. The fraction of sp³-hybridized carbons (Fsp3) is 1.00. The number of alkyl halides is 6. The van der Waals surface area contributed by atoms with Gasteiger partial charge in [-0.15, -0.1) is 4.31 Å². The van der Waals surface area contributed by atoms with Crippen LogP contribution >= 0.6 is 0 Å². The Bertz CT molecular complexity index is 535. The maximum absolute atomic E-state index is 14.3. The maximum Gasteiger partial charge on any atom is 0.581 e. The number of nitrogens with zero attached hydrogens (tertiary/aromatic N) is 1. The predicted octanol–water partition coefficient (Wildman–Crippen LogP) is 2.33. The third-order valence-corrected chi connectivity index (χ3v) is 8.10. The van der Waals surface area contributed by atoms with E-state index in [1.807, 2.05) is 0 Å². The highest BCUT2D eigenvalue weighted by Gasteiger charge is 2.85. The molecule has 14 heteroatoms. The van der Waals surface area contributed by atoms with Crippen molar-refractivity contribution in [2.45, 2.75) is 37.3 Å². The van der Waals surface area contributed by atoms with Crippen molar-refractivity contribution in [3.05, 3.63) is 0 Å². The third kappa shape index (κ3) is 3.97. The molecule has 0 aromatic rings. The Kier molecular flexibility index (Phi) is 7.95. The van der Waals surface area contributed by atoms with E-state index in [2.05, 4.69) is 13.3 Å². The molecule has 0 radical (unpaired) electrons. The van der Waals surface area contributed by atoms with E-state index >= 15 is 0 Å². The smallest absolute Gasteiger partial charge is 0.373 e. The first-order valence-corrected chi connectivity index (χ1v) is 10.2. The minimum Gasteiger partial charge on any atom is -0.373 e. The number of halogens is 6. The number of hydrogen-bond acceptors (Lipinski definition) is 5. The van der Waals surface area contributed by atoms with E-state index < -0.39 is 46.4 Å². The summed E-state index contributed by atoms with van der Waals surface area (Å²) in [7, 11) is -8.84. The highest BCUT2D eigenvalue weighted by Crippen LogP contribution is 2.51. The number of hydrogen-bond donors (Lipinski definition) is 0. The molecule has 0 fully saturated rings. The second-order valence-corrected chi connectivity index (χ2v) is 10.1. The first-order chi connectivity index (χ1) is 11.1. The van der Waals surface area contributed by atoms with Gasteiger partial charge in [0.25, 0.3) is 0 Å². The van der Waals surface area contributed by atoms with Crippen LogP contribution in [0, 0.1) is 0 Å². The summed E-state index contributed by atoms with van der Waals surface area (Å²) in [5.41, 5.74) is -5.63. The maximum atomic E-state index is 14.3. The highest BCUT2D eigenvalue weighted by molar-refractivity contribution is 7.89. The average Bonchev–Trinajstić information content (AvgIpc) is 2.53. The van der Waals surface area contributed by atoms with Gasteiger partial charge in [-0.3, -0.25) is 0 Å². The summed E-state index contributed by atoms with van der Waals surface area (Å²) >= 11 is 0. The molecule has 0 aromatic carbocycles. The van der Waals surface area contributed by atoms with Crippen LogP contribution in [0.2, 0.25) is 0 Å². The second kappa shape index (κ2) is 8.08. The van der Waals surface area contributed by atoms with Crippen LogP contribution < -0.4 is 0 Å². The number of sulfonamides is 1. The van der Waals surface area contributed by atoms with Crippen molar-refractivity contribution in [2.75, 3.05) is 34.1 Å². The minimum absolute atomic E-state index is 0.102. The highest BCUT2D eigenvalue weighted by atomic mass is 32.2. The van der Waals surface area contributed by atoms with Crippen LogP contribution in [0.1, 0.15) is 19.8 Å². The molecule has 25 heavy (non-hydrogen) atoms. The molecule has 0 unspecified atom stereocenters. The molecule has 0 saturated heterocycles. The first kappa shape index (κ1) is 24.6. The van der Waals surface area contributed by atoms with Crippen LogP contribution in [0.25, 0.3) is 0 Å². The molecule has 0 rings (SSSR count). The van der Waals surface area contributed by atoms with Gasteiger partial charge in [-0.1, -0.05) is 13.3 Å². The van der Waals surface area contributed by atoms with Crippen molar-refractivity contribution in [3.8, 4) is 0 Å². The average molecular weight is 421 g/mol. The predicted molar refractivity (Wildman–Crippen MR) is 78.1 cm³/mol. The standard InChI is InChI=1S/C11H21F6NO5SSi/c1-6-7-8-24(19,20)18(2)10(14,15)9(12,13)11(16,17)25(21-3,22-4)23-5/h6-8H2,1-5H3. The molecule has 0 saturated carbocycles. The number of rotatable bonds is 11. The summed E-state index contributed by atoms with van der Waals surface area (Å²) in [6.45, 7) is 1.53. The van der Waals surface area contributed by atoms with E-state index in [4.69, 9.17) is 0 Å². The Labute approximate surface area is 143 Å². The van der Waals surface area contributed by atoms with E-state index in [1.165, 1.54) is 6.92 Å². The van der Waals surface area contributed by atoms with Gasteiger partial charge in [-0.25, -0.2) is 8.42 Å². The molecule has 0 aliphatic rings. The summed E-state index contributed by atoms with van der Waals surface area (Å²) in [6, 6.07) is -5.77. The summed E-state index contributed by atoms with van der Waals surface area (Å²) in [4.78, 5) is 0. The zero-order valence-electron chi connectivity index (χ0n) is 14.3. The lowest BCUT2D eigenvalue weighted by Gasteiger charge is -2.41. The molecular weight excluding hydrogens is 400 g/mol. The molecule has 0 aromatic heterocycles. The topological polar surface area (TPSA) is 65.1 Å². The Morgan fingerprint density at radius 2 is 1.36 bits per heavy atom. The van der Waals surface area contributed by atoms with Crippen molar-refractivity contribution in [1.82, 2.24) is 4.31 Å². The van der Waals surface area contributed by atoms with Gasteiger partial charge in [0.05, 0.1) is 5.75 Å².